The van der Waals surface area contributed by atoms with E-state index in [2.05, 4.69) is 0 Å². The summed E-state index contributed by atoms with van der Waals surface area (Å²) in [6.07, 6.45) is -0.851. The van der Waals surface area contributed by atoms with Gasteiger partial charge in [0.2, 0.25) is 0 Å². The topological polar surface area (TPSA) is 80.5 Å². The molecule has 0 saturated carbocycles. The zero-order valence-electron chi connectivity index (χ0n) is 14.9. The van der Waals surface area contributed by atoms with E-state index < -0.39 is 6.10 Å². The summed E-state index contributed by atoms with van der Waals surface area (Å²) >= 11 is 0. The Morgan fingerprint density at radius 1 is 1.24 bits per heavy atom. The monoisotopic (exact) mass is 351 g/mol. The molecule has 1 saturated heterocycles. The number of hydrogen-bond donors (Lipinski definition) is 2. The van der Waals surface area contributed by atoms with Crippen molar-refractivity contribution in [3.63, 3.8) is 0 Å². The maximum absolute atomic E-state index is 11.7. The second-order valence-electron chi connectivity index (χ2n) is 6.19. The van der Waals surface area contributed by atoms with Crippen molar-refractivity contribution in [3.8, 4) is 5.75 Å². The molecule has 1 aliphatic rings. The maximum atomic E-state index is 11.7. The number of amides is 1. The van der Waals surface area contributed by atoms with Gasteiger partial charge < -0.3 is 19.5 Å². The number of ether oxygens (including phenoxy) is 2. The Hall–Kier alpha value is -2.12. The molecule has 1 heterocycles. The highest BCUT2D eigenvalue weighted by Gasteiger charge is 2.26. The Bertz CT molecular complexity index is 567. The van der Waals surface area contributed by atoms with Crippen molar-refractivity contribution >= 4 is 11.9 Å². The fourth-order valence-corrected chi connectivity index (χ4v) is 2.79. The van der Waals surface area contributed by atoms with Crippen LogP contribution in [0.4, 0.5) is 4.79 Å². The highest BCUT2D eigenvalue weighted by atomic mass is 16.6. The Kier molecular flexibility index (Phi) is 7.21. The molecule has 7 nitrogen and oxygen atoms in total. The average Bonchev–Trinajstić information content (AvgIpc) is 2.61. The quantitative estimate of drug-likeness (QED) is 0.675. The number of aliphatic hydroxyl groups is 1. The number of nitrogens with one attached hydrogen (secondary N) is 1. The van der Waals surface area contributed by atoms with Crippen LogP contribution in [0, 0.1) is 0 Å². The fraction of sp³-hybridized carbons (Fsp3) is 0.556. The number of nitrogens with zero attached hydrogens (tertiary/aromatic N) is 1. The van der Waals surface area contributed by atoms with Crippen LogP contribution >= 0.6 is 0 Å². The van der Waals surface area contributed by atoms with Gasteiger partial charge in [0.1, 0.15) is 25.0 Å². The first-order valence-corrected chi connectivity index (χ1v) is 8.66. The molecule has 0 aliphatic carbocycles. The van der Waals surface area contributed by atoms with Gasteiger partial charge in [0, 0.05) is 5.56 Å². The van der Waals surface area contributed by atoms with Crippen LogP contribution < -0.4 is 9.64 Å². The summed E-state index contributed by atoms with van der Waals surface area (Å²) in [5.74, 6) is 0.642. The van der Waals surface area contributed by atoms with Gasteiger partial charge in [-0.05, 0) is 38.1 Å². The summed E-state index contributed by atoms with van der Waals surface area (Å²) < 4.78 is 10.6. The number of hydrogen-bond acceptors (Lipinski definition) is 5. The highest BCUT2D eigenvalue weighted by molar-refractivity contribution is 5.94. The molecule has 25 heavy (non-hydrogen) atoms. The lowest BCUT2D eigenvalue weighted by Crippen LogP contribution is -3.16. The van der Waals surface area contributed by atoms with Crippen molar-refractivity contribution in [1.82, 2.24) is 4.90 Å². The van der Waals surface area contributed by atoms with Gasteiger partial charge in [-0.1, -0.05) is 0 Å². The lowest BCUT2D eigenvalue weighted by atomic mass is 10.1. The molecule has 0 spiro atoms. The van der Waals surface area contributed by atoms with Gasteiger partial charge in [0.15, 0.2) is 5.78 Å². The number of Topliss-reactive ketones (excluding diaryl/α,β-unsaturated/α-hetero) is 1. The molecule has 0 bridgehead atoms. The molecular formula is C18H27N2O5+. The van der Waals surface area contributed by atoms with E-state index in [4.69, 9.17) is 9.47 Å². The highest BCUT2D eigenvalue weighted by Crippen LogP contribution is 2.12. The molecule has 7 heteroatoms. The van der Waals surface area contributed by atoms with Gasteiger partial charge in [-0.15, -0.1) is 0 Å². The van der Waals surface area contributed by atoms with Crippen molar-refractivity contribution in [2.75, 3.05) is 45.9 Å². The Morgan fingerprint density at radius 3 is 2.44 bits per heavy atom. The van der Waals surface area contributed by atoms with Gasteiger partial charge in [0.25, 0.3) is 0 Å². The summed E-state index contributed by atoms with van der Waals surface area (Å²) in [5, 5.41) is 10.2. The zero-order chi connectivity index (χ0) is 18.2. The van der Waals surface area contributed by atoms with Crippen molar-refractivity contribution in [2.45, 2.75) is 20.0 Å². The minimum Gasteiger partial charge on any atom is -0.491 e. The third kappa shape index (κ3) is 6.03. The molecule has 2 N–H and O–H groups in total. The van der Waals surface area contributed by atoms with Crippen LogP contribution in [0.25, 0.3) is 0 Å². The first-order valence-electron chi connectivity index (χ1n) is 8.66. The molecule has 0 unspecified atom stereocenters. The number of aliphatic hydroxyl groups excluding tert-OH is 1. The smallest absolute Gasteiger partial charge is 0.410 e. The van der Waals surface area contributed by atoms with Crippen molar-refractivity contribution in [1.29, 1.82) is 0 Å². The number of carbonyl (C=O) groups is 2. The standard InChI is InChI=1S/C18H26N2O5/c1-3-24-18(23)20-10-8-19(9-11-20)12-16(22)13-25-17-6-4-15(5-7-17)14(2)21/h4-7,16,22H,3,8-13H2,1-2H3/p+1/t16-/m0/s1. The van der Waals surface area contributed by atoms with Crippen LogP contribution in [-0.2, 0) is 4.74 Å². The second-order valence-corrected chi connectivity index (χ2v) is 6.19. The number of benzene rings is 1. The van der Waals surface area contributed by atoms with Gasteiger partial charge >= 0.3 is 6.09 Å². The van der Waals surface area contributed by atoms with Gasteiger partial charge in [0.05, 0.1) is 32.8 Å². The molecule has 1 aliphatic heterocycles. The lowest BCUT2D eigenvalue weighted by molar-refractivity contribution is -0.907. The molecule has 1 aromatic rings. The van der Waals surface area contributed by atoms with Crippen LogP contribution in [0.2, 0.25) is 0 Å². The Balaban J connectivity index is 1.69. The zero-order valence-corrected chi connectivity index (χ0v) is 14.9. The lowest BCUT2D eigenvalue weighted by Gasteiger charge is -2.32. The van der Waals surface area contributed by atoms with Gasteiger partial charge in [-0.2, -0.15) is 0 Å². The molecule has 0 radical (unpaired) electrons. The molecule has 1 aromatic carbocycles. The normalized spacial score (nSPS) is 16.4. The third-order valence-corrected chi connectivity index (χ3v) is 4.22. The van der Waals surface area contributed by atoms with E-state index in [1.165, 1.54) is 11.8 Å². The molecule has 1 atom stereocenters. The Labute approximate surface area is 148 Å². The predicted molar refractivity (Wildman–Crippen MR) is 92.1 cm³/mol. The number of quaternary nitrogens is 1. The van der Waals surface area contributed by atoms with E-state index in [1.54, 1.807) is 36.1 Å². The van der Waals surface area contributed by atoms with E-state index in [0.717, 1.165) is 13.1 Å². The average molecular weight is 351 g/mol. The molecule has 138 valence electrons. The summed E-state index contributed by atoms with van der Waals surface area (Å²) in [4.78, 5) is 25.8. The minimum absolute atomic E-state index is 0.0112. The first kappa shape index (κ1) is 19.2. The van der Waals surface area contributed by atoms with Crippen molar-refractivity contribution < 1.29 is 29.1 Å². The van der Waals surface area contributed by atoms with Crippen LogP contribution in [-0.4, -0.2) is 73.9 Å². The second kappa shape index (κ2) is 9.39. The van der Waals surface area contributed by atoms with E-state index in [-0.39, 0.29) is 18.5 Å². The summed E-state index contributed by atoms with van der Waals surface area (Å²) in [6.45, 7) is 7.30. The molecule has 1 amide bonds. The number of ketones is 1. The first-order chi connectivity index (χ1) is 12.0. The van der Waals surface area contributed by atoms with E-state index in [0.29, 0.717) is 37.6 Å². The fourth-order valence-electron chi connectivity index (χ4n) is 2.79. The third-order valence-electron chi connectivity index (χ3n) is 4.22. The van der Waals surface area contributed by atoms with Crippen molar-refractivity contribution in [3.05, 3.63) is 29.8 Å². The van der Waals surface area contributed by atoms with Crippen molar-refractivity contribution in [2.24, 2.45) is 0 Å². The Morgan fingerprint density at radius 2 is 1.88 bits per heavy atom. The van der Waals surface area contributed by atoms with Crippen LogP contribution in [0.1, 0.15) is 24.2 Å². The summed E-state index contributed by atoms with van der Waals surface area (Å²) in [6, 6.07) is 6.89. The van der Waals surface area contributed by atoms with E-state index >= 15 is 0 Å². The number of piperazine rings is 1. The van der Waals surface area contributed by atoms with Crippen LogP contribution in [0.3, 0.4) is 0 Å². The predicted octanol–water partition coefficient (Wildman–Crippen LogP) is -0.0141. The largest absolute Gasteiger partial charge is 0.491 e. The van der Waals surface area contributed by atoms with E-state index in [1.807, 2.05) is 0 Å². The van der Waals surface area contributed by atoms with Gasteiger partial charge in [-0.25, -0.2) is 4.79 Å². The number of rotatable bonds is 7. The molecule has 1 fully saturated rings. The summed E-state index contributed by atoms with van der Waals surface area (Å²) in [7, 11) is 0. The minimum atomic E-state index is -0.586. The maximum Gasteiger partial charge on any atom is 0.410 e. The van der Waals surface area contributed by atoms with Crippen LogP contribution in [0.15, 0.2) is 24.3 Å². The number of carbonyl (C=O) groups excluding carboxylic acids is 2. The van der Waals surface area contributed by atoms with E-state index in [9.17, 15) is 14.7 Å². The van der Waals surface area contributed by atoms with Gasteiger partial charge in [-0.3, -0.25) is 9.69 Å². The molecular weight excluding hydrogens is 324 g/mol. The SMILES string of the molecule is CCOC(=O)N1CC[NH+](C[C@H](O)COc2ccc(C(C)=O)cc2)CC1. The van der Waals surface area contributed by atoms with Crippen LogP contribution in [0.5, 0.6) is 5.75 Å². The molecule has 2 rings (SSSR count). The molecule has 0 aromatic heterocycles. The summed E-state index contributed by atoms with van der Waals surface area (Å²) in [5.41, 5.74) is 0.636.